The molecule has 0 aliphatic heterocycles. The number of amides is 2. The van der Waals surface area contributed by atoms with Crippen molar-refractivity contribution in [2.45, 2.75) is 19.4 Å². The summed E-state index contributed by atoms with van der Waals surface area (Å²) in [7, 11) is 0. The average molecular weight is 357 g/mol. The van der Waals surface area contributed by atoms with Gasteiger partial charge in [0.05, 0.1) is 11.5 Å². The quantitative estimate of drug-likeness (QED) is 0.428. The van der Waals surface area contributed by atoms with Crippen molar-refractivity contribution < 1.29 is 19.6 Å². The standard InChI is InChI=1S/C18H19N3O5/c1-12-10-14(21(25)26)8-9-15(12)20-17(23)16(22)19-11-18(2,24)13-6-4-3-5-7-13/h3-10,24H,11H2,1-2H3,(H,19,22)(H,20,23). The van der Waals surface area contributed by atoms with Gasteiger partial charge in [-0.05, 0) is 31.0 Å². The molecule has 0 spiro atoms. The zero-order valence-electron chi connectivity index (χ0n) is 14.4. The van der Waals surface area contributed by atoms with Gasteiger partial charge < -0.3 is 15.7 Å². The summed E-state index contributed by atoms with van der Waals surface area (Å²) < 4.78 is 0. The van der Waals surface area contributed by atoms with Crippen LogP contribution >= 0.6 is 0 Å². The minimum Gasteiger partial charge on any atom is -0.384 e. The molecule has 0 saturated heterocycles. The molecule has 0 bridgehead atoms. The molecule has 2 rings (SSSR count). The van der Waals surface area contributed by atoms with Crippen LogP contribution in [0.25, 0.3) is 0 Å². The maximum absolute atomic E-state index is 12.0. The fourth-order valence-electron chi connectivity index (χ4n) is 2.31. The van der Waals surface area contributed by atoms with Crippen LogP contribution < -0.4 is 10.6 Å². The molecule has 26 heavy (non-hydrogen) atoms. The van der Waals surface area contributed by atoms with Crippen molar-refractivity contribution in [3.63, 3.8) is 0 Å². The smallest absolute Gasteiger partial charge is 0.313 e. The van der Waals surface area contributed by atoms with Crippen LogP contribution in [0, 0.1) is 17.0 Å². The van der Waals surface area contributed by atoms with Crippen molar-refractivity contribution in [3.8, 4) is 0 Å². The second kappa shape index (κ2) is 7.75. The fraction of sp³-hybridized carbons (Fsp3) is 0.222. The third-order valence-corrected chi connectivity index (χ3v) is 3.86. The van der Waals surface area contributed by atoms with Crippen LogP contribution in [0.2, 0.25) is 0 Å². The Balaban J connectivity index is 1.98. The number of anilines is 1. The van der Waals surface area contributed by atoms with Crippen LogP contribution in [0.15, 0.2) is 48.5 Å². The van der Waals surface area contributed by atoms with E-state index in [1.165, 1.54) is 25.1 Å². The first-order valence-electron chi connectivity index (χ1n) is 7.83. The van der Waals surface area contributed by atoms with E-state index in [4.69, 9.17) is 0 Å². The number of benzene rings is 2. The van der Waals surface area contributed by atoms with Crippen molar-refractivity contribution in [1.82, 2.24) is 5.32 Å². The van der Waals surface area contributed by atoms with Gasteiger partial charge >= 0.3 is 11.8 Å². The average Bonchev–Trinajstić information content (AvgIpc) is 2.62. The summed E-state index contributed by atoms with van der Waals surface area (Å²) in [4.78, 5) is 34.1. The molecule has 8 heteroatoms. The number of nitrogens with zero attached hydrogens (tertiary/aromatic N) is 1. The molecule has 0 aromatic heterocycles. The van der Waals surface area contributed by atoms with Gasteiger partial charge in [0.1, 0.15) is 5.60 Å². The van der Waals surface area contributed by atoms with Gasteiger partial charge in [0.25, 0.3) is 5.69 Å². The van der Waals surface area contributed by atoms with E-state index in [0.29, 0.717) is 16.8 Å². The predicted molar refractivity (Wildman–Crippen MR) is 95.5 cm³/mol. The van der Waals surface area contributed by atoms with E-state index in [1.54, 1.807) is 37.3 Å². The van der Waals surface area contributed by atoms with Gasteiger partial charge in [-0.1, -0.05) is 30.3 Å². The Morgan fingerprint density at radius 3 is 2.38 bits per heavy atom. The van der Waals surface area contributed by atoms with Crippen molar-refractivity contribution in [3.05, 3.63) is 69.8 Å². The van der Waals surface area contributed by atoms with Gasteiger partial charge in [-0.2, -0.15) is 0 Å². The Morgan fingerprint density at radius 1 is 1.15 bits per heavy atom. The van der Waals surface area contributed by atoms with Crippen LogP contribution in [0.1, 0.15) is 18.1 Å². The molecule has 0 radical (unpaired) electrons. The highest BCUT2D eigenvalue weighted by Gasteiger charge is 2.25. The first-order valence-corrected chi connectivity index (χ1v) is 7.83. The Morgan fingerprint density at radius 2 is 1.81 bits per heavy atom. The number of nitro benzene ring substituents is 1. The van der Waals surface area contributed by atoms with Crippen molar-refractivity contribution in [2.24, 2.45) is 0 Å². The molecule has 0 saturated carbocycles. The maximum atomic E-state index is 12.0. The van der Waals surface area contributed by atoms with Crippen LogP contribution in [-0.2, 0) is 15.2 Å². The lowest BCUT2D eigenvalue weighted by Gasteiger charge is -2.24. The Labute approximate surface area is 150 Å². The number of aryl methyl sites for hydroxylation is 1. The van der Waals surface area contributed by atoms with Crippen molar-refractivity contribution >= 4 is 23.2 Å². The van der Waals surface area contributed by atoms with Crippen LogP contribution in [-0.4, -0.2) is 28.4 Å². The molecular formula is C18H19N3O5. The van der Waals surface area contributed by atoms with Crippen LogP contribution in [0.3, 0.4) is 0 Å². The molecule has 2 aromatic carbocycles. The van der Waals surface area contributed by atoms with E-state index in [0.717, 1.165) is 0 Å². The number of rotatable bonds is 5. The number of nitrogens with one attached hydrogen (secondary N) is 2. The van der Waals surface area contributed by atoms with Crippen LogP contribution in [0.5, 0.6) is 0 Å². The summed E-state index contributed by atoms with van der Waals surface area (Å²) in [6, 6.07) is 12.6. The normalized spacial score (nSPS) is 12.7. The van der Waals surface area contributed by atoms with E-state index in [1.807, 2.05) is 0 Å². The molecule has 0 heterocycles. The topological polar surface area (TPSA) is 122 Å². The van der Waals surface area contributed by atoms with Gasteiger partial charge in [0, 0.05) is 17.8 Å². The zero-order chi connectivity index (χ0) is 19.3. The van der Waals surface area contributed by atoms with Gasteiger partial charge in [-0.3, -0.25) is 19.7 Å². The Bertz CT molecular complexity index is 834. The highest BCUT2D eigenvalue weighted by molar-refractivity contribution is 6.39. The summed E-state index contributed by atoms with van der Waals surface area (Å²) in [5, 5.41) is 25.9. The van der Waals surface area contributed by atoms with E-state index in [2.05, 4.69) is 10.6 Å². The third kappa shape index (κ3) is 4.64. The molecule has 136 valence electrons. The van der Waals surface area contributed by atoms with E-state index < -0.39 is 22.3 Å². The molecule has 3 N–H and O–H groups in total. The maximum Gasteiger partial charge on any atom is 0.313 e. The highest BCUT2D eigenvalue weighted by Crippen LogP contribution is 2.21. The second-order valence-corrected chi connectivity index (χ2v) is 6.03. The molecule has 2 aromatic rings. The largest absolute Gasteiger partial charge is 0.384 e. The lowest BCUT2D eigenvalue weighted by molar-refractivity contribution is -0.384. The van der Waals surface area contributed by atoms with E-state index in [-0.39, 0.29) is 12.2 Å². The Hall–Kier alpha value is -3.26. The van der Waals surface area contributed by atoms with Crippen molar-refractivity contribution in [2.75, 3.05) is 11.9 Å². The SMILES string of the molecule is Cc1cc([N+](=O)[O-])ccc1NC(=O)C(=O)NCC(C)(O)c1ccccc1. The number of non-ortho nitro benzene ring substituents is 1. The lowest BCUT2D eigenvalue weighted by Crippen LogP contribution is -2.43. The second-order valence-electron chi connectivity index (χ2n) is 6.03. The molecule has 2 amide bonds. The van der Waals surface area contributed by atoms with E-state index in [9.17, 15) is 24.8 Å². The molecule has 1 unspecified atom stereocenters. The first kappa shape index (κ1) is 19.1. The summed E-state index contributed by atoms with van der Waals surface area (Å²) in [5.74, 6) is -1.84. The molecular weight excluding hydrogens is 338 g/mol. The number of hydrogen-bond acceptors (Lipinski definition) is 5. The van der Waals surface area contributed by atoms with Crippen LogP contribution in [0.4, 0.5) is 11.4 Å². The lowest BCUT2D eigenvalue weighted by atomic mass is 9.96. The third-order valence-electron chi connectivity index (χ3n) is 3.86. The van der Waals surface area contributed by atoms with Crippen molar-refractivity contribution in [1.29, 1.82) is 0 Å². The zero-order valence-corrected chi connectivity index (χ0v) is 14.4. The molecule has 0 fully saturated rings. The summed E-state index contributed by atoms with van der Waals surface area (Å²) in [6.45, 7) is 2.96. The van der Waals surface area contributed by atoms with E-state index >= 15 is 0 Å². The minimum absolute atomic E-state index is 0.108. The monoisotopic (exact) mass is 357 g/mol. The number of hydrogen-bond donors (Lipinski definition) is 3. The molecule has 8 nitrogen and oxygen atoms in total. The van der Waals surface area contributed by atoms with Gasteiger partial charge in [0.2, 0.25) is 0 Å². The minimum atomic E-state index is -1.33. The molecule has 0 aliphatic rings. The Kier molecular flexibility index (Phi) is 5.68. The van der Waals surface area contributed by atoms with Gasteiger partial charge in [0.15, 0.2) is 0 Å². The number of carbonyl (C=O) groups is 2. The predicted octanol–water partition coefficient (Wildman–Crippen LogP) is 1.87. The highest BCUT2D eigenvalue weighted by atomic mass is 16.6. The summed E-state index contributed by atoms with van der Waals surface area (Å²) in [6.07, 6.45) is 0. The summed E-state index contributed by atoms with van der Waals surface area (Å²) >= 11 is 0. The molecule has 0 aliphatic carbocycles. The van der Waals surface area contributed by atoms with Gasteiger partial charge in [-0.25, -0.2) is 0 Å². The fourth-order valence-corrected chi connectivity index (χ4v) is 2.31. The number of carbonyl (C=O) groups excluding carboxylic acids is 2. The number of aliphatic hydroxyl groups is 1. The molecule has 1 atom stereocenters. The number of nitro groups is 1. The summed E-state index contributed by atoms with van der Waals surface area (Å²) in [5.41, 5.74) is -0.0847. The van der Waals surface area contributed by atoms with Gasteiger partial charge in [-0.15, -0.1) is 0 Å². The first-order chi connectivity index (χ1) is 12.2.